The molecule has 7 rings (SSSR count). The second-order valence-electron chi connectivity index (χ2n) is 14.4. The van der Waals surface area contributed by atoms with Gasteiger partial charge in [-0.05, 0) is 126 Å². The Bertz CT molecular complexity index is 1730. The Morgan fingerprint density at radius 1 is 1.02 bits per heavy atom. The average molecular weight is 801 g/mol. The number of fused-ring (bicyclic) bond motifs is 2. The Hall–Kier alpha value is -2.56. The van der Waals surface area contributed by atoms with Crippen LogP contribution in [-0.4, -0.2) is 57.3 Å². The SMILES string of the molecule is COC(=O)Cc1cn(CC(=O)C2CC23CCC(CC(=O)N2CCC([C@H]4c5ncc(Br)cc5CCc5cc(Cl)cc(Br)c54)CC2)CC3)cn1. The van der Waals surface area contributed by atoms with Crippen LogP contribution in [0.4, 0.5) is 0 Å². The third kappa shape index (κ3) is 7.04. The van der Waals surface area contributed by atoms with Gasteiger partial charge >= 0.3 is 5.97 Å². The summed E-state index contributed by atoms with van der Waals surface area (Å²) in [5.41, 5.74) is 5.75. The second-order valence-corrected chi connectivity index (χ2v) is 16.6. The van der Waals surface area contributed by atoms with Crippen LogP contribution >= 0.6 is 43.5 Å². The van der Waals surface area contributed by atoms with E-state index in [1.807, 2.05) is 12.3 Å². The van der Waals surface area contributed by atoms with Crippen LogP contribution in [0.2, 0.25) is 5.02 Å². The number of ketones is 1. The summed E-state index contributed by atoms with van der Waals surface area (Å²) in [6.07, 6.45) is 14.7. The molecule has 4 aliphatic rings. The van der Waals surface area contributed by atoms with Gasteiger partial charge in [0.2, 0.25) is 5.91 Å². The van der Waals surface area contributed by atoms with Gasteiger partial charge in [-0.15, -0.1) is 0 Å². The molecule has 11 heteroatoms. The van der Waals surface area contributed by atoms with E-state index in [4.69, 9.17) is 21.3 Å². The van der Waals surface area contributed by atoms with Crippen molar-refractivity contribution in [3.8, 4) is 0 Å². The molecule has 254 valence electrons. The number of benzene rings is 1. The van der Waals surface area contributed by atoms with E-state index in [9.17, 15) is 14.4 Å². The van der Waals surface area contributed by atoms with Gasteiger partial charge in [0.1, 0.15) is 0 Å². The van der Waals surface area contributed by atoms with Gasteiger partial charge in [-0.1, -0.05) is 27.5 Å². The molecule has 0 N–H and O–H groups in total. The lowest BCUT2D eigenvalue weighted by Crippen LogP contribution is -2.41. The second kappa shape index (κ2) is 14.0. The summed E-state index contributed by atoms with van der Waals surface area (Å²) in [5.74, 6) is 1.19. The van der Waals surface area contributed by atoms with Crippen LogP contribution in [0.1, 0.15) is 85.4 Å². The Morgan fingerprint density at radius 3 is 2.52 bits per heavy atom. The molecule has 1 spiro atoms. The maximum absolute atomic E-state index is 13.6. The number of piperidine rings is 1. The standard InChI is InChI=1S/C37H41Br2ClN4O4/c1-48-33(47)16-28-19-43(21-42-28)20-31(45)29-17-37(29)8-4-22(5-9-37)12-32(46)44-10-6-23(7-11-44)35-34-24(14-27(40)15-30(34)39)2-3-25-13-26(38)18-41-36(25)35/h13-15,18-19,21-23,29,35H,2-12,16-17,20H2,1H3/t22?,29?,35-,37?/m1/s1. The Labute approximate surface area is 303 Å². The molecule has 0 radical (unpaired) electrons. The summed E-state index contributed by atoms with van der Waals surface area (Å²) >= 11 is 14.0. The fraction of sp³-hybridized carbons (Fsp3) is 0.541. The number of aromatic nitrogens is 3. The van der Waals surface area contributed by atoms with E-state index in [1.54, 1.807) is 17.1 Å². The lowest BCUT2D eigenvalue weighted by Gasteiger charge is -2.38. The minimum Gasteiger partial charge on any atom is -0.469 e. The topological polar surface area (TPSA) is 94.4 Å². The molecule has 3 aliphatic carbocycles. The lowest BCUT2D eigenvalue weighted by atomic mass is 9.75. The number of hydrogen-bond donors (Lipinski definition) is 0. The number of imidazole rings is 1. The molecule has 3 fully saturated rings. The van der Waals surface area contributed by atoms with Crippen molar-refractivity contribution in [2.75, 3.05) is 20.2 Å². The number of ether oxygens (including phenoxy) is 1. The quantitative estimate of drug-likeness (QED) is 0.219. The number of carbonyl (C=O) groups is 3. The van der Waals surface area contributed by atoms with E-state index in [-0.39, 0.29) is 47.9 Å². The van der Waals surface area contributed by atoms with E-state index in [0.717, 1.165) is 90.5 Å². The first kappa shape index (κ1) is 33.9. The van der Waals surface area contributed by atoms with Crippen molar-refractivity contribution in [2.24, 2.45) is 23.2 Å². The Balaban J connectivity index is 0.921. The van der Waals surface area contributed by atoms with Gasteiger partial charge in [0.05, 0.1) is 37.8 Å². The number of carbonyl (C=O) groups excluding carboxylic acids is 3. The minimum atomic E-state index is -0.342. The molecular weight excluding hydrogens is 760 g/mol. The molecule has 1 aliphatic heterocycles. The smallest absolute Gasteiger partial charge is 0.311 e. The van der Waals surface area contributed by atoms with Gasteiger partial charge in [-0.25, -0.2) is 4.98 Å². The van der Waals surface area contributed by atoms with Gasteiger partial charge in [0.25, 0.3) is 0 Å². The Morgan fingerprint density at radius 2 is 1.77 bits per heavy atom. The first-order valence-corrected chi connectivity index (χ1v) is 19.1. The van der Waals surface area contributed by atoms with Crippen LogP contribution in [0.5, 0.6) is 0 Å². The summed E-state index contributed by atoms with van der Waals surface area (Å²) in [4.78, 5) is 49.5. The third-order valence-corrected chi connectivity index (χ3v) is 12.8. The van der Waals surface area contributed by atoms with Crippen LogP contribution in [0.3, 0.4) is 0 Å². The first-order chi connectivity index (χ1) is 23.1. The van der Waals surface area contributed by atoms with Crippen molar-refractivity contribution in [1.29, 1.82) is 0 Å². The molecule has 1 aromatic carbocycles. The molecule has 2 aromatic heterocycles. The number of aryl methyl sites for hydroxylation is 2. The molecule has 0 bridgehead atoms. The van der Waals surface area contributed by atoms with Crippen LogP contribution in [0.25, 0.3) is 0 Å². The number of amides is 1. The highest BCUT2D eigenvalue weighted by Gasteiger charge is 2.58. The molecule has 3 aromatic rings. The van der Waals surface area contributed by atoms with Crippen LogP contribution in [-0.2, 0) is 44.9 Å². The minimum absolute atomic E-state index is 0.0885. The number of nitrogens with zero attached hydrogens (tertiary/aromatic N) is 4. The lowest BCUT2D eigenvalue weighted by molar-refractivity contribution is -0.140. The monoisotopic (exact) mass is 798 g/mol. The van der Waals surface area contributed by atoms with Gasteiger partial charge < -0.3 is 14.2 Å². The third-order valence-electron chi connectivity index (χ3n) is 11.5. The molecule has 1 amide bonds. The number of hydrogen-bond acceptors (Lipinski definition) is 6. The van der Waals surface area contributed by atoms with Crippen molar-refractivity contribution in [3.05, 3.63) is 79.0 Å². The predicted octanol–water partition coefficient (Wildman–Crippen LogP) is 7.50. The van der Waals surface area contributed by atoms with Crippen molar-refractivity contribution < 1.29 is 19.1 Å². The largest absolute Gasteiger partial charge is 0.469 e. The summed E-state index contributed by atoms with van der Waals surface area (Å²) in [6, 6.07) is 6.34. The van der Waals surface area contributed by atoms with E-state index < -0.39 is 0 Å². The fourth-order valence-electron chi connectivity index (χ4n) is 8.79. The van der Waals surface area contributed by atoms with Gasteiger partial charge in [0.15, 0.2) is 5.78 Å². The highest BCUT2D eigenvalue weighted by Crippen LogP contribution is 2.63. The van der Waals surface area contributed by atoms with E-state index in [0.29, 0.717) is 24.0 Å². The number of halogens is 3. The van der Waals surface area contributed by atoms with E-state index >= 15 is 0 Å². The van der Waals surface area contributed by atoms with Gasteiger partial charge in [-0.3, -0.25) is 19.4 Å². The number of methoxy groups -OCH3 is 1. The number of likely N-dealkylation sites (tertiary alicyclic amines) is 1. The molecule has 3 heterocycles. The fourth-order valence-corrected chi connectivity index (χ4v) is 10.3. The van der Waals surface area contributed by atoms with Crippen molar-refractivity contribution in [3.63, 3.8) is 0 Å². The van der Waals surface area contributed by atoms with Crippen LogP contribution in [0, 0.1) is 23.2 Å². The van der Waals surface area contributed by atoms with Gasteiger partial charge in [0, 0.05) is 57.7 Å². The zero-order chi connectivity index (χ0) is 33.6. The van der Waals surface area contributed by atoms with Gasteiger partial charge in [-0.2, -0.15) is 0 Å². The maximum atomic E-state index is 13.6. The molecule has 1 unspecified atom stereocenters. The summed E-state index contributed by atoms with van der Waals surface area (Å²) in [5, 5.41) is 0.749. The van der Waals surface area contributed by atoms with E-state index in [2.05, 4.69) is 53.9 Å². The first-order valence-electron chi connectivity index (χ1n) is 17.1. The maximum Gasteiger partial charge on any atom is 0.311 e. The highest BCUT2D eigenvalue weighted by atomic mass is 79.9. The average Bonchev–Trinajstić information content (AvgIpc) is 3.65. The van der Waals surface area contributed by atoms with E-state index in [1.165, 1.54) is 23.8 Å². The molecule has 2 atom stereocenters. The van der Waals surface area contributed by atoms with Crippen molar-refractivity contribution >= 4 is 61.1 Å². The number of pyridine rings is 1. The number of Topliss-reactive ketones (excluding diaryl/α,β-unsaturated/α-hetero) is 1. The molecule has 1 saturated heterocycles. The molecule has 48 heavy (non-hydrogen) atoms. The van der Waals surface area contributed by atoms with Crippen molar-refractivity contribution in [1.82, 2.24) is 19.4 Å². The zero-order valence-corrected chi connectivity index (χ0v) is 31.2. The predicted molar refractivity (Wildman–Crippen MR) is 190 cm³/mol. The number of esters is 1. The summed E-state index contributed by atoms with van der Waals surface area (Å²) < 4.78 is 8.54. The molecule has 2 saturated carbocycles. The van der Waals surface area contributed by atoms with Crippen LogP contribution < -0.4 is 0 Å². The van der Waals surface area contributed by atoms with Crippen molar-refractivity contribution in [2.45, 2.75) is 83.1 Å². The highest BCUT2D eigenvalue weighted by molar-refractivity contribution is 9.10. The molecular formula is C37H41Br2ClN4O4. The number of rotatable bonds is 8. The zero-order valence-electron chi connectivity index (χ0n) is 27.2. The summed E-state index contributed by atoms with van der Waals surface area (Å²) in [6.45, 7) is 1.83. The molecule has 8 nitrogen and oxygen atoms in total. The van der Waals surface area contributed by atoms with Crippen LogP contribution in [0.15, 0.2) is 45.9 Å². The summed E-state index contributed by atoms with van der Waals surface area (Å²) in [7, 11) is 1.36. The normalized spacial score (nSPS) is 25.2. The Kier molecular flexibility index (Phi) is 9.88.